The fourth-order valence-electron chi connectivity index (χ4n) is 2.77. The standard InChI is InChI=1S/C17H34N2/c1-7-10-18-13-14(2)15(3)19-11-8-16(9-12-19)17(4,5)6/h8,14-15,18H,7,9-13H2,1-6H3. The molecule has 19 heavy (non-hydrogen) atoms. The fraction of sp³-hybridized carbons (Fsp3) is 0.882. The lowest BCUT2D eigenvalue weighted by molar-refractivity contribution is 0.166. The van der Waals surface area contributed by atoms with Crippen LogP contribution in [0, 0.1) is 11.3 Å². The summed E-state index contributed by atoms with van der Waals surface area (Å²) in [5.41, 5.74) is 1.98. The van der Waals surface area contributed by atoms with Gasteiger partial charge in [0.15, 0.2) is 0 Å². The number of nitrogens with zero attached hydrogens (tertiary/aromatic N) is 1. The molecule has 112 valence electrons. The first-order chi connectivity index (χ1) is 8.86. The molecular weight excluding hydrogens is 232 g/mol. The van der Waals surface area contributed by atoms with Crippen molar-refractivity contribution in [2.24, 2.45) is 11.3 Å². The molecular formula is C17H34N2. The van der Waals surface area contributed by atoms with Crippen molar-refractivity contribution in [3.8, 4) is 0 Å². The highest BCUT2D eigenvalue weighted by molar-refractivity contribution is 5.14. The van der Waals surface area contributed by atoms with E-state index in [-0.39, 0.29) is 0 Å². The Morgan fingerprint density at radius 3 is 2.47 bits per heavy atom. The lowest BCUT2D eigenvalue weighted by atomic mass is 9.82. The van der Waals surface area contributed by atoms with Crippen LogP contribution < -0.4 is 5.32 Å². The van der Waals surface area contributed by atoms with E-state index in [1.165, 1.54) is 19.4 Å². The minimum absolute atomic E-state index is 0.351. The van der Waals surface area contributed by atoms with E-state index in [2.05, 4.69) is 57.8 Å². The molecule has 2 heteroatoms. The average Bonchev–Trinajstić information content (AvgIpc) is 2.37. The number of rotatable bonds is 6. The third-order valence-corrected chi connectivity index (χ3v) is 4.50. The second kappa shape index (κ2) is 7.44. The Bertz CT molecular complexity index is 288. The topological polar surface area (TPSA) is 15.3 Å². The highest BCUT2D eigenvalue weighted by atomic mass is 15.2. The van der Waals surface area contributed by atoms with E-state index in [1.807, 2.05) is 0 Å². The van der Waals surface area contributed by atoms with Crippen LogP contribution in [0.2, 0.25) is 0 Å². The maximum atomic E-state index is 3.55. The van der Waals surface area contributed by atoms with Gasteiger partial charge in [0.25, 0.3) is 0 Å². The van der Waals surface area contributed by atoms with Crippen LogP contribution in [-0.2, 0) is 0 Å². The van der Waals surface area contributed by atoms with Gasteiger partial charge in [-0.2, -0.15) is 0 Å². The Hall–Kier alpha value is -0.340. The van der Waals surface area contributed by atoms with E-state index >= 15 is 0 Å². The van der Waals surface area contributed by atoms with Gasteiger partial charge in [-0.25, -0.2) is 0 Å². The summed E-state index contributed by atoms with van der Waals surface area (Å²) in [7, 11) is 0. The Kier molecular flexibility index (Phi) is 6.55. The van der Waals surface area contributed by atoms with Gasteiger partial charge >= 0.3 is 0 Å². The summed E-state index contributed by atoms with van der Waals surface area (Å²) in [5.74, 6) is 0.719. The lowest BCUT2D eigenvalue weighted by Crippen LogP contribution is -2.44. The highest BCUT2D eigenvalue weighted by Gasteiger charge is 2.25. The molecule has 0 amide bonds. The molecule has 0 radical (unpaired) electrons. The van der Waals surface area contributed by atoms with Crippen LogP contribution in [0.15, 0.2) is 11.6 Å². The predicted molar refractivity (Wildman–Crippen MR) is 85.5 cm³/mol. The molecule has 0 aromatic carbocycles. The van der Waals surface area contributed by atoms with Crippen LogP contribution >= 0.6 is 0 Å². The molecule has 0 spiro atoms. The molecule has 0 aromatic rings. The van der Waals surface area contributed by atoms with Gasteiger partial charge in [0.2, 0.25) is 0 Å². The molecule has 0 bridgehead atoms. The molecule has 0 aliphatic carbocycles. The van der Waals surface area contributed by atoms with E-state index in [0.717, 1.165) is 25.6 Å². The Labute approximate surface area is 120 Å². The maximum absolute atomic E-state index is 3.55. The molecule has 0 aromatic heterocycles. The van der Waals surface area contributed by atoms with Crippen LogP contribution in [0.25, 0.3) is 0 Å². The lowest BCUT2D eigenvalue weighted by Gasteiger charge is -2.38. The zero-order valence-electron chi connectivity index (χ0n) is 13.9. The molecule has 1 rings (SSSR count). The van der Waals surface area contributed by atoms with Crippen molar-refractivity contribution in [1.82, 2.24) is 10.2 Å². The molecule has 1 aliphatic rings. The Morgan fingerprint density at radius 2 is 2.00 bits per heavy atom. The van der Waals surface area contributed by atoms with Gasteiger partial charge in [-0.3, -0.25) is 4.90 Å². The summed E-state index contributed by atoms with van der Waals surface area (Å²) in [6, 6.07) is 0.669. The van der Waals surface area contributed by atoms with Gasteiger partial charge in [0.05, 0.1) is 0 Å². The minimum Gasteiger partial charge on any atom is -0.316 e. The van der Waals surface area contributed by atoms with Crippen molar-refractivity contribution >= 4 is 0 Å². The maximum Gasteiger partial charge on any atom is 0.0169 e. The summed E-state index contributed by atoms with van der Waals surface area (Å²) in [6.45, 7) is 18.6. The summed E-state index contributed by atoms with van der Waals surface area (Å²) in [6.07, 6.45) is 4.93. The summed E-state index contributed by atoms with van der Waals surface area (Å²) >= 11 is 0. The normalized spacial score (nSPS) is 21.1. The second-order valence-electron chi connectivity index (χ2n) is 7.15. The van der Waals surface area contributed by atoms with Crippen molar-refractivity contribution in [1.29, 1.82) is 0 Å². The summed E-state index contributed by atoms with van der Waals surface area (Å²) in [5, 5.41) is 3.55. The smallest absolute Gasteiger partial charge is 0.0169 e. The number of nitrogens with one attached hydrogen (secondary N) is 1. The first kappa shape index (κ1) is 16.7. The molecule has 2 unspecified atom stereocenters. The fourth-order valence-corrected chi connectivity index (χ4v) is 2.77. The van der Waals surface area contributed by atoms with Gasteiger partial charge in [-0.1, -0.05) is 46.3 Å². The number of hydrogen-bond donors (Lipinski definition) is 1. The highest BCUT2D eigenvalue weighted by Crippen LogP contribution is 2.31. The molecule has 0 saturated carbocycles. The van der Waals surface area contributed by atoms with E-state index in [1.54, 1.807) is 5.57 Å². The average molecular weight is 266 g/mol. The molecule has 1 aliphatic heterocycles. The summed E-state index contributed by atoms with van der Waals surface area (Å²) in [4.78, 5) is 2.63. The molecule has 1 N–H and O–H groups in total. The SMILES string of the molecule is CCCNCC(C)C(C)N1CC=C(C(C)(C)C)CC1. The third kappa shape index (κ3) is 5.27. The van der Waals surface area contributed by atoms with Crippen molar-refractivity contribution in [3.05, 3.63) is 11.6 Å². The first-order valence-corrected chi connectivity index (χ1v) is 8.00. The van der Waals surface area contributed by atoms with Gasteiger partial charge < -0.3 is 5.32 Å². The van der Waals surface area contributed by atoms with E-state index in [4.69, 9.17) is 0 Å². The Morgan fingerprint density at radius 1 is 1.32 bits per heavy atom. The van der Waals surface area contributed by atoms with Gasteiger partial charge in [-0.05, 0) is 44.2 Å². The second-order valence-corrected chi connectivity index (χ2v) is 7.15. The van der Waals surface area contributed by atoms with Crippen molar-refractivity contribution in [2.75, 3.05) is 26.2 Å². The summed E-state index contributed by atoms with van der Waals surface area (Å²) < 4.78 is 0. The zero-order chi connectivity index (χ0) is 14.5. The van der Waals surface area contributed by atoms with E-state index in [9.17, 15) is 0 Å². The largest absolute Gasteiger partial charge is 0.316 e. The molecule has 2 atom stereocenters. The number of hydrogen-bond acceptors (Lipinski definition) is 2. The van der Waals surface area contributed by atoms with Gasteiger partial charge in [-0.15, -0.1) is 0 Å². The molecule has 0 saturated heterocycles. The van der Waals surface area contributed by atoms with Crippen LogP contribution in [-0.4, -0.2) is 37.1 Å². The Balaban J connectivity index is 2.43. The van der Waals surface area contributed by atoms with Crippen LogP contribution in [0.1, 0.15) is 54.4 Å². The van der Waals surface area contributed by atoms with Crippen molar-refractivity contribution < 1.29 is 0 Å². The monoisotopic (exact) mass is 266 g/mol. The van der Waals surface area contributed by atoms with Gasteiger partial charge in [0, 0.05) is 19.1 Å². The third-order valence-electron chi connectivity index (χ3n) is 4.50. The predicted octanol–water partition coefficient (Wildman–Crippen LogP) is 3.69. The van der Waals surface area contributed by atoms with Gasteiger partial charge in [0.1, 0.15) is 0 Å². The van der Waals surface area contributed by atoms with E-state index < -0.39 is 0 Å². The van der Waals surface area contributed by atoms with Crippen molar-refractivity contribution in [2.45, 2.75) is 60.4 Å². The molecule has 1 heterocycles. The van der Waals surface area contributed by atoms with E-state index in [0.29, 0.717) is 11.5 Å². The zero-order valence-corrected chi connectivity index (χ0v) is 13.9. The van der Waals surface area contributed by atoms with Crippen LogP contribution in [0.4, 0.5) is 0 Å². The van der Waals surface area contributed by atoms with Crippen molar-refractivity contribution in [3.63, 3.8) is 0 Å². The quantitative estimate of drug-likeness (QED) is 0.582. The van der Waals surface area contributed by atoms with Crippen LogP contribution in [0.3, 0.4) is 0 Å². The molecule has 0 fully saturated rings. The first-order valence-electron chi connectivity index (χ1n) is 8.00. The minimum atomic E-state index is 0.351. The van der Waals surface area contributed by atoms with Crippen LogP contribution in [0.5, 0.6) is 0 Å². The molecule has 2 nitrogen and oxygen atoms in total.